The highest BCUT2D eigenvalue weighted by Crippen LogP contribution is 2.39. The Morgan fingerprint density at radius 3 is 2.17 bits per heavy atom. The zero-order chi connectivity index (χ0) is 13.2. The molecule has 2 nitrogen and oxygen atoms in total. The minimum atomic E-state index is 0.147. The fourth-order valence-corrected chi connectivity index (χ4v) is 4.11. The number of aromatic nitrogens is 1. The number of nitrogens with zero attached hydrogens (tertiary/aromatic N) is 1. The van der Waals surface area contributed by atoms with Crippen molar-refractivity contribution in [3.05, 3.63) is 15.6 Å². The van der Waals surface area contributed by atoms with Crippen LogP contribution in [0.5, 0.6) is 0 Å². The molecule has 1 N–H and O–H groups in total. The van der Waals surface area contributed by atoms with Crippen LogP contribution in [-0.2, 0) is 5.54 Å². The fraction of sp³-hybridized carbons (Fsp3) is 0.800. The van der Waals surface area contributed by atoms with E-state index in [0.29, 0.717) is 6.04 Å². The molecule has 1 fully saturated rings. The van der Waals surface area contributed by atoms with E-state index < -0.39 is 0 Å². The summed E-state index contributed by atoms with van der Waals surface area (Å²) in [5, 5.41) is 5.17. The molecule has 1 aliphatic carbocycles. The van der Waals surface area contributed by atoms with Crippen LogP contribution in [0.15, 0.2) is 0 Å². The molecule has 1 aromatic rings. The molecule has 0 atom stereocenters. The summed E-state index contributed by atoms with van der Waals surface area (Å²) in [6.45, 7) is 8.82. The highest BCUT2D eigenvalue weighted by atomic mass is 32.1. The maximum atomic E-state index is 4.86. The maximum Gasteiger partial charge on any atom is 0.113 e. The summed E-state index contributed by atoms with van der Waals surface area (Å²) >= 11 is 1.90. The van der Waals surface area contributed by atoms with E-state index in [0.717, 1.165) is 0 Å². The van der Waals surface area contributed by atoms with E-state index in [2.05, 4.69) is 33.0 Å². The van der Waals surface area contributed by atoms with Crippen molar-refractivity contribution in [1.29, 1.82) is 0 Å². The van der Waals surface area contributed by atoms with Gasteiger partial charge in [-0.2, -0.15) is 0 Å². The van der Waals surface area contributed by atoms with Gasteiger partial charge in [0.2, 0.25) is 0 Å². The van der Waals surface area contributed by atoms with Crippen molar-refractivity contribution < 1.29 is 0 Å². The minimum Gasteiger partial charge on any atom is -0.303 e. The van der Waals surface area contributed by atoms with E-state index in [4.69, 9.17) is 4.98 Å². The maximum absolute atomic E-state index is 4.86. The third-order valence-electron chi connectivity index (χ3n) is 3.96. The molecule has 1 aromatic heterocycles. The summed E-state index contributed by atoms with van der Waals surface area (Å²) in [5.74, 6) is 0. The first-order valence-corrected chi connectivity index (χ1v) is 8.07. The molecule has 0 unspecified atom stereocenters. The second-order valence-electron chi connectivity index (χ2n) is 5.96. The van der Waals surface area contributed by atoms with Gasteiger partial charge < -0.3 is 5.32 Å². The fourth-order valence-electron chi connectivity index (χ4n) is 2.98. The molecule has 0 amide bonds. The Balaban J connectivity index is 2.33. The molecule has 102 valence electrons. The first-order valence-electron chi connectivity index (χ1n) is 7.26. The standard InChI is InChI=1S/C15H26N2S/c1-11(2)17-15(9-7-5-6-8-10-15)14-16-12(3)13(4)18-14/h11,17H,5-10H2,1-4H3. The highest BCUT2D eigenvalue weighted by molar-refractivity contribution is 7.11. The molecule has 1 heterocycles. The predicted octanol–water partition coefficient (Wildman–Crippen LogP) is 4.31. The molecular weight excluding hydrogens is 240 g/mol. The summed E-state index contributed by atoms with van der Waals surface area (Å²) < 4.78 is 0. The van der Waals surface area contributed by atoms with Gasteiger partial charge in [-0.1, -0.05) is 25.7 Å². The van der Waals surface area contributed by atoms with Gasteiger partial charge in [-0.3, -0.25) is 0 Å². The minimum absolute atomic E-state index is 0.147. The summed E-state index contributed by atoms with van der Waals surface area (Å²) in [5.41, 5.74) is 1.36. The van der Waals surface area contributed by atoms with Crippen LogP contribution < -0.4 is 5.32 Å². The van der Waals surface area contributed by atoms with Gasteiger partial charge >= 0.3 is 0 Å². The van der Waals surface area contributed by atoms with Crippen LogP contribution in [0.25, 0.3) is 0 Å². The lowest BCUT2D eigenvalue weighted by Gasteiger charge is -2.34. The predicted molar refractivity (Wildman–Crippen MR) is 79.2 cm³/mol. The summed E-state index contributed by atoms with van der Waals surface area (Å²) in [4.78, 5) is 6.23. The van der Waals surface area contributed by atoms with Gasteiger partial charge in [0.25, 0.3) is 0 Å². The Morgan fingerprint density at radius 1 is 1.11 bits per heavy atom. The van der Waals surface area contributed by atoms with Crippen molar-refractivity contribution in [2.24, 2.45) is 0 Å². The molecule has 1 aliphatic rings. The van der Waals surface area contributed by atoms with E-state index in [1.807, 2.05) is 11.3 Å². The van der Waals surface area contributed by atoms with Crippen LogP contribution in [0, 0.1) is 13.8 Å². The van der Waals surface area contributed by atoms with E-state index in [9.17, 15) is 0 Å². The normalized spacial score (nSPS) is 20.1. The number of hydrogen-bond acceptors (Lipinski definition) is 3. The lowest BCUT2D eigenvalue weighted by Crippen LogP contribution is -2.45. The van der Waals surface area contributed by atoms with Crippen LogP contribution in [-0.4, -0.2) is 11.0 Å². The molecule has 0 radical (unpaired) electrons. The second-order valence-corrected chi connectivity index (χ2v) is 7.16. The smallest absolute Gasteiger partial charge is 0.113 e. The zero-order valence-electron chi connectivity index (χ0n) is 12.2. The van der Waals surface area contributed by atoms with Gasteiger partial charge in [0.1, 0.15) is 5.01 Å². The first kappa shape index (κ1) is 14.0. The number of nitrogens with one attached hydrogen (secondary N) is 1. The van der Waals surface area contributed by atoms with E-state index in [1.54, 1.807) is 0 Å². The molecule has 0 aliphatic heterocycles. The molecule has 2 rings (SSSR count). The lowest BCUT2D eigenvalue weighted by molar-refractivity contribution is 0.266. The van der Waals surface area contributed by atoms with E-state index in [1.165, 1.54) is 54.1 Å². The van der Waals surface area contributed by atoms with Crippen molar-refractivity contribution in [2.75, 3.05) is 0 Å². The average Bonchev–Trinajstić information content (AvgIpc) is 2.53. The quantitative estimate of drug-likeness (QED) is 0.825. The molecule has 18 heavy (non-hydrogen) atoms. The summed E-state index contributed by atoms with van der Waals surface area (Å²) in [6, 6.07) is 0.521. The van der Waals surface area contributed by atoms with E-state index >= 15 is 0 Å². The van der Waals surface area contributed by atoms with Crippen LogP contribution in [0.2, 0.25) is 0 Å². The first-order chi connectivity index (χ1) is 8.53. The van der Waals surface area contributed by atoms with Crippen molar-refractivity contribution in [3.8, 4) is 0 Å². The molecule has 0 aromatic carbocycles. The van der Waals surface area contributed by atoms with Gasteiger partial charge in [0.15, 0.2) is 0 Å². The monoisotopic (exact) mass is 266 g/mol. The number of aryl methyl sites for hydroxylation is 2. The van der Waals surface area contributed by atoms with E-state index in [-0.39, 0.29) is 5.54 Å². The topological polar surface area (TPSA) is 24.9 Å². The van der Waals surface area contributed by atoms with Gasteiger partial charge in [-0.05, 0) is 40.5 Å². The Morgan fingerprint density at radius 2 is 1.72 bits per heavy atom. The molecule has 3 heteroatoms. The van der Waals surface area contributed by atoms with Gasteiger partial charge in [0.05, 0.1) is 11.2 Å². The zero-order valence-corrected chi connectivity index (χ0v) is 13.0. The van der Waals surface area contributed by atoms with Crippen molar-refractivity contribution in [2.45, 2.75) is 77.8 Å². The lowest BCUT2D eigenvalue weighted by atomic mass is 9.90. The Bertz CT molecular complexity index is 368. The number of rotatable bonds is 3. The number of thiazole rings is 1. The third kappa shape index (κ3) is 2.94. The van der Waals surface area contributed by atoms with Crippen LogP contribution in [0.1, 0.15) is 68.0 Å². The van der Waals surface area contributed by atoms with Crippen LogP contribution in [0.3, 0.4) is 0 Å². The molecular formula is C15H26N2S. The Hall–Kier alpha value is -0.410. The van der Waals surface area contributed by atoms with Gasteiger partial charge in [-0.25, -0.2) is 4.98 Å². The molecule has 0 bridgehead atoms. The summed E-state index contributed by atoms with van der Waals surface area (Å²) in [7, 11) is 0. The van der Waals surface area contributed by atoms with Crippen molar-refractivity contribution in [1.82, 2.24) is 10.3 Å². The third-order valence-corrected chi connectivity index (χ3v) is 5.24. The van der Waals surface area contributed by atoms with Gasteiger partial charge in [-0.15, -0.1) is 11.3 Å². The second kappa shape index (κ2) is 5.70. The molecule has 1 saturated carbocycles. The molecule has 0 saturated heterocycles. The Kier molecular flexibility index (Phi) is 4.44. The number of hydrogen-bond donors (Lipinski definition) is 1. The van der Waals surface area contributed by atoms with Crippen molar-refractivity contribution in [3.63, 3.8) is 0 Å². The van der Waals surface area contributed by atoms with Crippen LogP contribution in [0.4, 0.5) is 0 Å². The SMILES string of the molecule is Cc1nc(C2(NC(C)C)CCCCCC2)sc1C. The summed E-state index contributed by atoms with van der Waals surface area (Å²) in [6.07, 6.45) is 7.92. The average molecular weight is 266 g/mol. The highest BCUT2D eigenvalue weighted by Gasteiger charge is 2.36. The Labute approximate surface area is 115 Å². The van der Waals surface area contributed by atoms with Crippen molar-refractivity contribution >= 4 is 11.3 Å². The van der Waals surface area contributed by atoms with Gasteiger partial charge in [0, 0.05) is 10.9 Å². The van der Waals surface area contributed by atoms with Crippen LogP contribution >= 0.6 is 11.3 Å². The molecule has 0 spiro atoms. The largest absolute Gasteiger partial charge is 0.303 e.